The zero-order chi connectivity index (χ0) is 36.8. The number of H-pyrrole nitrogens is 1. The lowest BCUT2D eigenvalue weighted by atomic mass is 10.0. The van der Waals surface area contributed by atoms with Crippen molar-refractivity contribution in [2.24, 2.45) is 16.8 Å². The smallest absolute Gasteiger partial charge is 0.407 e. The molecule has 4 aromatic rings. The molecule has 1 aromatic heterocycles. The van der Waals surface area contributed by atoms with Crippen LogP contribution in [0.15, 0.2) is 88.8 Å². The van der Waals surface area contributed by atoms with Crippen molar-refractivity contribution in [2.45, 2.75) is 69.0 Å². The number of alkyl carbamates (subject to hydrolysis) is 1. The average molecular weight is 733 g/mol. The first-order chi connectivity index (χ1) is 25.0. The first-order valence-electron chi connectivity index (χ1n) is 17.8. The van der Waals surface area contributed by atoms with Crippen LogP contribution in [-0.4, -0.2) is 97.6 Å². The Hall–Kier alpha value is -4.27. The maximum Gasteiger partial charge on any atom is 0.407 e. The van der Waals surface area contributed by atoms with E-state index in [0.717, 1.165) is 17.5 Å². The van der Waals surface area contributed by atoms with Crippen LogP contribution in [0.2, 0.25) is 0 Å². The Bertz CT molecular complexity index is 1940. The van der Waals surface area contributed by atoms with Crippen LogP contribution in [0.25, 0.3) is 10.9 Å². The predicted molar refractivity (Wildman–Crippen MR) is 198 cm³/mol. The van der Waals surface area contributed by atoms with Crippen LogP contribution in [0.1, 0.15) is 49.8 Å². The molecule has 52 heavy (non-hydrogen) atoms. The number of aromatic nitrogens is 1. The summed E-state index contributed by atoms with van der Waals surface area (Å²) in [5.74, 6) is -0.105. The zero-order valence-corrected chi connectivity index (χ0v) is 30.5. The molecule has 2 aliphatic heterocycles. The van der Waals surface area contributed by atoms with Crippen molar-refractivity contribution >= 4 is 33.2 Å². The van der Waals surface area contributed by atoms with E-state index in [1.807, 2.05) is 74.5 Å². The molecule has 2 fully saturated rings. The second kappa shape index (κ2) is 16.6. The summed E-state index contributed by atoms with van der Waals surface area (Å²) in [5, 5.41) is 25.8. The van der Waals surface area contributed by atoms with Crippen molar-refractivity contribution < 1.29 is 37.6 Å². The normalized spacial score (nSPS) is 20.8. The zero-order valence-electron chi connectivity index (χ0n) is 29.7. The second-order valence-electron chi connectivity index (χ2n) is 14.1. The fraction of sp³-hybridized carbons (Fsp3) is 0.436. The number of aromatic hydroxyl groups is 1. The Balaban J connectivity index is 1.21. The van der Waals surface area contributed by atoms with Gasteiger partial charge in [-0.1, -0.05) is 81.4 Å². The summed E-state index contributed by atoms with van der Waals surface area (Å²) in [6, 6.07) is 23.1. The van der Waals surface area contributed by atoms with Gasteiger partial charge in [-0.3, -0.25) is 4.99 Å². The van der Waals surface area contributed by atoms with Crippen molar-refractivity contribution in [1.29, 1.82) is 0 Å². The number of nitrogens with one attached hydrogen (secondary N) is 2. The van der Waals surface area contributed by atoms with Crippen molar-refractivity contribution in [2.75, 3.05) is 32.8 Å². The van der Waals surface area contributed by atoms with E-state index in [0.29, 0.717) is 29.6 Å². The minimum atomic E-state index is -4.16. The number of aromatic amines is 1. The highest BCUT2D eigenvalue weighted by molar-refractivity contribution is 7.89. The monoisotopic (exact) mass is 732 g/mol. The van der Waals surface area contributed by atoms with Crippen LogP contribution in [-0.2, 0) is 30.7 Å². The van der Waals surface area contributed by atoms with E-state index < -0.39 is 34.4 Å². The molecule has 3 heterocycles. The van der Waals surface area contributed by atoms with E-state index >= 15 is 0 Å². The molecule has 12 nitrogen and oxygen atoms in total. The van der Waals surface area contributed by atoms with Crippen molar-refractivity contribution in [3.05, 3.63) is 95.6 Å². The van der Waals surface area contributed by atoms with Gasteiger partial charge < -0.3 is 34.7 Å². The number of hydrogen-bond acceptors (Lipinski definition) is 9. The van der Waals surface area contributed by atoms with Gasteiger partial charge in [-0.05, 0) is 48.1 Å². The molecule has 0 saturated carbocycles. The molecule has 3 aromatic carbocycles. The van der Waals surface area contributed by atoms with Gasteiger partial charge in [0.1, 0.15) is 6.10 Å². The van der Waals surface area contributed by atoms with E-state index in [9.17, 15) is 23.4 Å². The number of aliphatic imine (C=N–C) groups is 1. The van der Waals surface area contributed by atoms with Gasteiger partial charge in [-0.15, -0.1) is 0 Å². The number of carbonyl (C=O) groups excluding carboxylic acids is 1. The van der Waals surface area contributed by atoms with Gasteiger partial charge in [0, 0.05) is 42.7 Å². The number of rotatable bonds is 15. The summed E-state index contributed by atoms with van der Waals surface area (Å²) in [5.41, 5.74) is 2.93. The van der Waals surface area contributed by atoms with E-state index in [4.69, 9.17) is 14.2 Å². The largest absolute Gasteiger partial charge is 0.494 e. The summed E-state index contributed by atoms with van der Waals surface area (Å²) in [6.07, 6.45) is -0.359. The van der Waals surface area contributed by atoms with Crippen LogP contribution in [0.4, 0.5) is 4.79 Å². The number of hydrogen-bond donors (Lipinski definition) is 4. The van der Waals surface area contributed by atoms with E-state index in [2.05, 4.69) is 22.2 Å². The Morgan fingerprint density at radius 1 is 1.06 bits per heavy atom. The summed E-state index contributed by atoms with van der Waals surface area (Å²) in [7, 11) is -4.16. The minimum absolute atomic E-state index is 0.000650. The fourth-order valence-corrected chi connectivity index (χ4v) is 8.49. The van der Waals surface area contributed by atoms with E-state index in [1.165, 1.54) is 16.4 Å². The SMILES string of the molecule is CC(C)CN(C[C@@H](O)[C@H](Cc1ccccc1)NC(=O)O[C@H]1COC2OCCC21)S(=O)(=O)c1ccc2[nH]c(O)c(C=NCC(C)c3ccccc3)c2c1. The van der Waals surface area contributed by atoms with Gasteiger partial charge in [-0.25, -0.2) is 13.2 Å². The molecule has 0 radical (unpaired) electrons. The van der Waals surface area contributed by atoms with Crippen LogP contribution in [0.3, 0.4) is 0 Å². The summed E-state index contributed by atoms with van der Waals surface area (Å²) >= 11 is 0. The van der Waals surface area contributed by atoms with Gasteiger partial charge in [0.25, 0.3) is 0 Å². The lowest BCUT2D eigenvalue weighted by Crippen LogP contribution is -2.51. The Morgan fingerprint density at radius 2 is 1.79 bits per heavy atom. The van der Waals surface area contributed by atoms with E-state index in [1.54, 1.807) is 12.3 Å². The molecule has 2 saturated heterocycles. The molecule has 1 amide bonds. The van der Waals surface area contributed by atoms with Crippen LogP contribution < -0.4 is 5.32 Å². The molecular formula is C39H48N4O8S. The highest BCUT2D eigenvalue weighted by Gasteiger charge is 2.44. The number of sulfonamides is 1. The molecule has 3 unspecified atom stereocenters. The summed E-state index contributed by atoms with van der Waals surface area (Å²) in [4.78, 5) is 20.7. The standard InChI is InChI=1S/C39H48N4O8S/c1-25(2)22-43(23-35(44)34(18-27-10-6-4-7-11-27)42-39(46)51-36-24-50-38-30(36)16-17-49-38)52(47,48)29-14-15-33-31(19-29)32(37(45)41-33)21-40-20-26(3)28-12-8-5-9-13-28/h4-15,19,21,25-26,30,34-36,38,41,44-45H,16-18,20,22-24H2,1-3H3,(H,42,46)/t26?,30?,34-,35+,36-,38?/m0/s1. The number of ether oxygens (including phenoxy) is 3. The highest BCUT2D eigenvalue weighted by atomic mass is 32.2. The Labute approximate surface area is 304 Å². The van der Waals surface area contributed by atoms with Crippen molar-refractivity contribution in [3.8, 4) is 5.88 Å². The number of aliphatic hydroxyl groups is 1. The molecule has 6 atom stereocenters. The predicted octanol–water partition coefficient (Wildman–Crippen LogP) is 5.20. The fourth-order valence-electron chi connectivity index (χ4n) is 6.84. The molecule has 0 aliphatic carbocycles. The third kappa shape index (κ3) is 8.84. The number of fused-ring (bicyclic) bond motifs is 2. The Morgan fingerprint density at radius 3 is 2.52 bits per heavy atom. The Kier molecular flexibility index (Phi) is 12.0. The number of nitrogens with zero attached hydrogens (tertiary/aromatic N) is 2. The molecule has 6 rings (SSSR count). The maximum atomic E-state index is 14.3. The van der Waals surface area contributed by atoms with Crippen LogP contribution >= 0.6 is 0 Å². The number of amides is 1. The van der Waals surface area contributed by atoms with Crippen LogP contribution in [0, 0.1) is 11.8 Å². The van der Waals surface area contributed by atoms with Crippen molar-refractivity contribution in [3.63, 3.8) is 0 Å². The topological polar surface area (TPSA) is 163 Å². The molecule has 2 aliphatic rings. The first kappa shape index (κ1) is 37.5. The van der Waals surface area contributed by atoms with E-state index in [-0.39, 0.29) is 60.9 Å². The molecular weight excluding hydrogens is 685 g/mol. The van der Waals surface area contributed by atoms with Crippen molar-refractivity contribution in [1.82, 2.24) is 14.6 Å². The quantitative estimate of drug-likeness (QED) is 0.121. The number of aliphatic hydroxyl groups excluding tert-OH is 1. The molecule has 0 spiro atoms. The van der Waals surface area contributed by atoms with Gasteiger partial charge in [0.2, 0.25) is 10.0 Å². The first-order valence-corrected chi connectivity index (χ1v) is 19.3. The number of carbonyl (C=O) groups is 1. The third-order valence-corrected chi connectivity index (χ3v) is 11.5. The molecule has 278 valence electrons. The van der Waals surface area contributed by atoms with Gasteiger partial charge in [0.15, 0.2) is 12.2 Å². The van der Waals surface area contributed by atoms with Gasteiger partial charge in [-0.2, -0.15) is 4.31 Å². The number of benzene rings is 3. The maximum absolute atomic E-state index is 14.3. The molecule has 13 heteroatoms. The second-order valence-corrected chi connectivity index (χ2v) is 16.0. The molecule has 0 bridgehead atoms. The van der Waals surface area contributed by atoms with Crippen LogP contribution in [0.5, 0.6) is 5.88 Å². The summed E-state index contributed by atoms with van der Waals surface area (Å²) < 4.78 is 46.8. The van der Waals surface area contributed by atoms with Gasteiger partial charge >= 0.3 is 6.09 Å². The third-order valence-electron chi connectivity index (χ3n) is 9.66. The summed E-state index contributed by atoms with van der Waals surface area (Å²) in [6.45, 7) is 6.92. The average Bonchev–Trinajstić information content (AvgIpc) is 3.83. The minimum Gasteiger partial charge on any atom is -0.494 e. The lowest BCUT2D eigenvalue weighted by Gasteiger charge is -2.31. The highest BCUT2D eigenvalue weighted by Crippen LogP contribution is 2.33. The molecule has 4 N–H and O–H groups in total. The lowest BCUT2D eigenvalue weighted by molar-refractivity contribution is -0.0907. The van der Waals surface area contributed by atoms with Gasteiger partial charge in [0.05, 0.1) is 41.7 Å².